The Balaban J connectivity index is 1.81. The number of hydrogen-bond donors (Lipinski definition) is 1. The fourth-order valence-electron chi connectivity index (χ4n) is 2.53. The van der Waals surface area contributed by atoms with E-state index in [1.54, 1.807) is 0 Å². The number of urea groups is 1. The third kappa shape index (κ3) is 3.70. The van der Waals surface area contributed by atoms with E-state index in [2.05, 4.69) is 24.1 Å². The highest BCUT2D eigenvalue weighted by atomic mass is 16.2. The molecule has 1 N–H and O–H groups in total. The summed E-state index contributed by atoms with van der Waals surface area (Å²) in [5.41, 5.74) is 1.14. The monoisotopic (exact) mass is 261 g/mol. The van der Waals surface area contributed by atoms with Crippen LogP contribution in [0.2, 0.25) is 0 Å². The Morgan fingerprint density at radius 2 is 2.05 bits per heavy atom. The van der Waals surface area contributed by atoms with E-state index in [1.165, 1.54) is 0 Å². The molecule has 1 aromatic carbocycles. The summed E-state index contributed by atoms with van der Waals surface area (Å²) < 4.78 is 0. The van der Waals surface area contributed by atoms with Gasteiger partial charge in [0.05, 0.1) is 0 Å². The van der Waals surface area contributed by atoms with Gasteiger partial charge in [-0.15, -0.1) is 0 Å². The molecule has 1 saturated heterocycles. The molecule has 2 amide bonds. The molecule has 0 aromatic heterocycles. The molecule has 2 rings (SSSR count). The van der Waals surface area contributed by atoms with Crippen LogP contribution < -0.4 is 5.32 Å². The Bertz CT molecular complexity index is 407. The van der Waals surface area contributed by atoms with Crippen LogP contribution >= 0.6 is 0 Å². The van der Waals surface area contributed by atoms with Crippen molar-refractivity contribution in [3.8, 4) is 0 Å². The second kappa shape index (κ2) is 6.57. The quantitative estimate of drug-likeness (QED) is 0.902. The van der Waals surface area contributed by atoms with Crippen LogP contribution in [0.15, 0.2) is 30.3 Å². The lowest BCUT2D eigenvalue weighted by atomic mass is 10.2. The van der Waals surface area contributed by atoms with E-state index in [0.29, 0.717) is 12.6 Å². The van der Waals surface area contributed by atoms with Crippen LogP contribution in [0.4, 0.5) is 4.79 Å². The largest absolute Gasteiger partial charge is 0.334 e. The zero-order valence-electron chi connectivity index (χ0n) is 11.8. The molecule has 0 radical (unpaired) electrons. The van der Waals surface area contributed by atoms with Crippen molar-refractivity contribution in [2.45, 2.75) is 26.4 Å². The van der Waals surface area contributed by atoms with Gasteiger partial charge in [0, 0.05) is 32.2 Å². The zero-order valence-corrected chi connectivity index (χ0v) is 11.8. The minimum Gasteiger partial charge on any atom is -0.334 e. The number of carbonyl (C=O) groups excluding carboxylic acids is 1. The fourth-order valence-corrected chi connectivity index (χ4v) is 2.53. The Hall–Kier alpha value is -1.55. The standard InChI is InChI=1S/C15H23N3O/c1-3-17-9-10-18(12-13(17)2)15(19)16-11-14-7-5-4-6-8-14/h4-8,13H,3,9-12H2,1-2H3,(H,16,19). The number of rotatable bonds is 3. The molecule has 4 nitrogen and oxygen atoms in total. The molecular weight excluding hydrogens is 238 g/mol. The molecule has 19 heavy (non-hydrogen) atoms. The lowest BCUT2D eigenvalue weighted by Crippen LogP contribution is -2.55. The van der Waals surface area contributed by atoms with Crippen LogP contribution in [0.5, 0.6) is 0 Å². The van der Waals surface area contributed by atoms with Gasteiger partial charge in [-0.05, 0) is 19.0 Å². The third-order valence-electron chi connectivity index (χ3n) is 3.75. The highest BCUT2D eigenvalue weighted by Gasteiger charge is 2.25. The van der Waals surface area contributed by atoms with Crippen molar-refractivity contribution in [2.75, 3.05) is 26.2 Å². The van der Waals surface area contributed by atoms with Crippen molar-refractivity contribution in [1.29, 1.82) is 0 Å². The van der Waals surface area contributed by atoms with Gasteiger partial charge in [-0.2, -0.15) is 0 Å². The molecule has 1 heterocycles. The lowest BCUT2D eigenvalue weighted by molar-refractivity contribution is 0.102. The van der Waals surface area contributed by atoms with Crippen LogP contribution in [0, 0.1) is 0 Å². The number of piperazine rings is 1. The number of hydrogen-bond acceptors (Lipinski definition) is 2. The normalized spacial score (nSPS) is 20.3. The van der Waals surface area contributed by atoms with Gasteiger partial charge >= 0.3 is 6.03 Å². The first-order valence-electron chi connectivity index (χ1n) is 7.01. The zero-order chi connectivity index (χ0) is 13.7. The molecular formula is C15H23N3O. The Kier molecular flexibility index (Phi) is 4.80. The summed E-state index contributed by atoms with van der Waals surface area (Å²) in [5, 5.41) is 2.99. The maximum absolute atomic E-state index is 12.1. The summed E-state index contributed by atoms with van der Waals surface area (Å²) in [6, 6.07) is 10.5. The molecule has 104 valence electrons. The highest BCUT2D eigenvalue weighted by Crippen LogP contribution is 2.09. The maximum Gasteiger partial charge on any atom is 0.317 e. The van der Waals surface area contributed by atoms with Crippen LogP contribution in [-0.4, -0.2) is 48.1 Å². The van der Waals surface area contributed by atoms with Gasteiger partial charge in [0.1, 0.15) is 0 Å². The van der Waals surface area contributed by atoms with Gasteiger partial charge in [0.25, 0.3) is 0 Å². The average Bonchev–Trinajstić information content (AvgIpc) is 2.45. The van der Waals surface area contributed by atoms with E-state index < -0.39 is 0 Å². The number of benzene rings is 1. The predicted octanol–water partition coefficient (Wildman–Crippen LogP) is 1.92. The first-order chi connectivity index (χ1) is 9.20. The van der Waals surface area contributed by atoms with Crippen molar-refractivity contribution in [3.63, 3.8) is 0 Å². The van der Waals surface area contributed by atoms with Gasteiger partial charge in [-0.25, -0.2) is 4.79 Å². The Morgan fingerprint density at radius 3 is 2.68 bits per heavy atom. The molecule has 1 atom stereocenters. The number of carbonyl (C=O) groups is 1. The van der Waals surface area contributed by atoms with E-state index in [-0.39, 0.29) is 6.03 Å². The minimum atomic E-state index is 0.0476. The molecule has 1 aromatic rings. The van der Waals surface area contributed by atoms with Gasteiger partial charge in [0.15, 0.2) is 0 Å². The van der Waals surface area contributed by atoms with E-state index in [0.717, 1.165) is 31.7 Å². The first kappa shape index (κ1) is 13.9. The van der Waals surface area contributed by atoms with Crippen LogP contribution in [-0.2, 0) is 6.54 Å². The molecule has 4 heteroatoms. The molecule has 1 aliphatic heterocycles. The molecule has 0 bridgehead atoms. The fraction of sp³-hybridized carbons (Fsp3) is 0.533. The summed E-state index contributed by atoms with van der Waals surface area (Å²) in [5.74, 6) is 0. The Labute approximate surface area is 115 Å². The molecule has 1 unspecified atom stereocenters. The van der Waals surface area contributed by atoms with Crippen molar-refractivity contribution >= 4 is 6.03 Å². The van der Waals surface area contributed by atoms with Gasteiger partial charge in [-0.1, -0.05) is 37.3 Å². The smallest absolute Gasteiger partial charge is 0.317 e. The molecule has 1 fully saturated rings. The van der Waals surface area contributed by atoms with Gasteiger partial charge in [0.2, 0.25) is 0 Å². The van der Waals surface area contributed by atoms with E-state index in [4.69, 9.17) is 0 Å². The summed E-state index contributed by atoms with van der Waals surface area (Å²) in [4.78, 5) is 16.4. The number of nitrogens with one attached hydrogen (secondary N) is 1. The maximum atomic E-state index is 12.1. The molecule has 0 spiro atoms. The van der Waals surface area contributed by atoms with Crippen molar-refractivity contribution in [3.05, 3.63) is 35.9 Å². The van der Waals surface area contributed by atoms with E-state index in [9.17, 15) is 4.79 Å². The highest BCUT2D eigenvalue weighted by molar-refractivity contribution is 5.74. The predicted molar refractivity (Wildman–Crippen MR) is 77.0 cm³/mol. The minimum absolute atomic E-state index is 0.0476. The second-order valence-corrected chi connectivity index (χ2v) is 5.07. The first-order valence-corrected chi connectivity index (χ1v) is 7.01. The number of amides is 2. The summed E-state index contributed by atoms with van der Waals surface area (Å²) >= 11 is 0. The van der Waals surface area contributed by atoms with Crippen LogP contribution in [0.3, 0.4) is 0 Å². The van der Waals surface area contributed by atoms with Crippen molar-refractivity contribution in [1.82, 2.24) is 15.1 Å². The van der Waals surface area contributed by atoms with Crippen molar-refractivity contribution in [2.24, 2.45) is 0 Å². The third-order valence-corrected chi connectivity index (χ3v) is 3.75. The van der Waals surface area contributed by atoms with Crippen LogP contribution in [0.25, 0.3) is 0 Å². The topological polar surface area (TPSA) is 35.6 Å². The van der Waals surface area contributed by atoms with Crippen LogP contribution in [0.1, 0.15) is 19.4 Å². The Morgan fingerprint density at radius 1 is 1.32 bits per heavy atom. The van der Waals surface area contributed by atoms with Gasteiger partial charge in [-0.3, -0.25) is 4.90 Å². The SMILES string of the molecule is CCN1CCN(C(=O)NCc2ccccc2)CC1C. The summed E-state index contributed by atoms with van der Waals surface area (Å²) in [6.07, 6.45) is 0. The van der Waals surface area contributed by atoms with E-state index >= 15 is 0 Å². The molecule has 0 aliphatic carbocycles. The number of nitrogens with zero attached hydrogens (tertiary/aromatic N) is 2. The van der Waals surface area contributed by atoms with Gasteiger partial charge < -0.3 is 10.2 Å². The summed E-state index contributed by atoms with van der Waals surface area (Å²) in [6.45, 7) is 8.61. The summed E-state index contributed by atoms with van der Waals surface area (Å²) in [7, 11) is 0. The second-order valence-electron chi connectivity index (χ2n) is 5.07. The average molecular weight is 261 g/mol. The van der Waals surface area contributed by atoms with E-state index in [1.807, 2.05) is 35.2 Å². The molecule has 1 aliphatic rings. The van der Waals surface area contributed by atoms with Crippen molar-refractivity contribution < 1.29 is 4.79 Å². The number of likely N-dealkylation sites (N-methyl/N-ethyl adjacent to an activating group) is 1. The molecule has 0 saturated carbocycles. The lowest BCUT2D eigenvalue weighted by Gasteiger charge is -2.39.